The maximum Gasteiger partial charge on any atom is 0.410 e. The molecule has 2 aromatic rings. The highest BCUT2D eigenvalue weighted by Gasteiger charge is 2.59. The smallest absolute Gasteiger partial charge is 0.410 e. The molecule has 4 saturated carbocycles. The molecule has 7 rings (SSSR count). The van der Waals surface area contributed by atoms with Crippen molar-refractivity contribution in [3.05, 3.63) is 34.2 Å². The Morgan fingerprint density at radius 3 is 2.67 bits per heavy atom. The zero-order valence-corrected chi connectivity index (χ0v) is 18.3. The van der Waals surface area contributed by atoms with Crippen molar-refractivity contribution in [3.63, 3.8) is 0 Å². The zero-order chi connectivity index (χ0) is 22.9. The van der Waals surface area contributed by atoms with E-state index in [9.17, 15) is 14.4 Å². The molecular weight excluding hydrogens is 422 g/mol. The predicted octanol–water partition coefficient (Wildman–Crippen LogP) is 2.26. The quantitative estimate of drug-likeness (QED) is 0.741. The third-order valence-electron chi connectivity index (χ3n) is 8.58. The number of amides is 2. The molecule has 9 nitrogen and oxygen atoms in total. The molecule has 172 valence electrons. The molecule has 4 aliphatic carbocycles. The first-order valence-corrected chi connectivity index (χ1v) is 11.8. The Kier molecular flexibility index (Phi) is 4.38. The number of ether oxygens (including phenoxy) is 1. The molecule has 1 aromatic heterocycles. The van der Waals surface area contributed by atoms with Crippen molar-refractivity contribution >= 4 is 23.0 Å². The first-order chi connectivity index (χ1) is 15.9. The van der Waals surface area contributed by atoms with Gasteiger partial charge in [-0.2, -0.15) is 5.26 Å². The van der Waals surface area contributed by atoms with E-state index in [4.69, 9.17) is 15.7 Å². The first-order valence-electron chi connectivity index (χ1n) is 11.8. The van der Waals surface area contributed by atoms with Crippen LogP contribution in [0.5, 0.6) is 0 Å². The maximum absolute atomic E-state index is 13.1. The average Bonchev–Trinajstić information content (AvgIpc) is 3.38. The van der Waals surface area contributed by atoms with Crippen molar-refractivity contribution in [1.82, 2.24) is 14.5 Å². The second-order valence-corrected chi connectivity index (χ2v) is 10.5. The number of carbonyl (C=O) groups is 2. The van der Waals surface area contributed by atoms with E-state index in [1.165, 1.54) is 0 Å². The number of aromatic amines is 1. The second-order valence-electron chi connectivity index (χ2n) is 10.5. The summed E-state index contributed by atoms with van der Waals surface area (Å²) in [5.41, 5.74) is 6.97. The summed E-state index contributed by atoms with van der Waals surface area (Å²) >= 11 is 0. The Labute approximate surface area is 190 Å². The van der Waals surface area contributed by atoms with Crippen LogP contribution < -0.4 is 11.4 Å². The molecule has 6 atom stereocenters. The van der Waals surface area contributed by atoms with Crippen molar-refractivity contribution in [3.8, 4) is 6.07 Å². The van der Waals surface area contributed by atoms with Crippen LogP contribution >= 0.6 is 0 Å². The number of nitrogens with zero attached hydrogens (tertiary/aromatic N) is 3. The average molecular weight is 450 g/mol. The lowest BCUT2D eigenvalue weighted by Crippen LogP contribution is -2.59. The highest BCUT2D eigenvalue weighted by Crippen LogP contribution is 2.60. The maximum atomic E-state index is 13.1. The van der Waals surface area contributed by atoms with E-state index in [2.05, 4.69) is 11.1 Å². The number of nitrogens with one attached hydrogen (secondary N) is 1. The summed E-state index contributed by atoms with van der Waals surface area (Å²) in [6.45, 7) is 0.927. The van der Waals surface area contributed by atoms with Gasteiger partial charge in [0.25, 0.3) is 0 Å². The van der Waals surface area contributed by atoms with Gasteiger partial charge in [-0.15, -0.1) is 0 Å². The van der Waals surface area contributed by atoms with E-state index in [-0.39, 0.29) is 41.7 Å². The number of nitriles is 1. The molecule has 33 heavy (non-hydrogen) atoms. The standard InChI is InChI=1S/C24H27N5O4/c25-11-13-1-2-19-18(7-13)27-22(31)29(19)17-3-4-28(12-17)23(32)33-20-15-5-14-6-16(20)10-24(8-14,9-15)21(26)30/h1-2,7,14-17,20H,3-6,8-10,12H2,(H2,26,30)(H,27,31)/t14?,15-,16?,17-,20?,24-/m0/s1. The Morgan fingerprint density at radius 1 is 1.21 bits per heavy atom. The van der Waals surface area contributed by atoms with Crippen LogP contribution in [-0.4, -0.2) is 45.6 Å². The number of primary amides is 1. The summed E-state index contributed by atoms with van der Waals surface area (Å²) in [6, 6.07) is 7.07. The summed E-state index contributed by atoms with van der Waals surface area (Å²) in [7, 11) is 0. The summed E-state index contributed by atoms with van der Waals surface area (Å²) in [5.74, 6) is 0.727. The monoisotopic (exact) mass is 449 g/mol. The molecule has 5 aliphatic rings. The molecule has 2 amide bonds. The van der Waals surface area contributed by atoms with Crippen molar-refractivity contribution < 1.29 is 14.3 Å². The Hall–Kier alpha value is -3.28. The number of H-pyrrole nitrogens is 1. The molecule has 1 aromatic carbocycles. The van der Waals surface area contributed by atoms with Crippen LogP contribution in [0.2, 0.25) is 0 Å². The lowest BCUT2D eigenvalue weighted by atomic mass is 9.48. The Bertz CT molecular complexity index is 1240. The molecule has 1 saturated heterocycles. The van der Waals surface area contributed by atoms with Gasteiger partial charge in [-0.05, 0) is 74.5 Å². The topological polar surface area (TPSA) is 134 Å². The normalized spacial score (nSPS) is 34.5. The van der Waals surface area contributed by atoms with Crippen LogP contribution in [0.25, 0.3) is 11.0 Å². The minimum atomic E-state index is -0.403. The number of carbonyl (C=O) groups excluding carboxylic acids is 2. The summed E-state index contributed by atoms with van der Waals surface area (Å²) < 4.78 is 7.74. The van der Waals surface area contributed by atoms with E-state index >= 15 is 0 Å². The highest BCUT2D eigenvalue weighted by molar-refractivity contribution is 5.81. The van der Waals surface area contributed by atoms with E-state index in [0.717, 1.165) is 37.6 Å². The number of rotatable bonds is 3. The van der Waals surface area contributed by atoms with Crippen molar-refractivity contribution in [2.75, 3.05) is 13.1 Å². The van der Waals surface area contributed by atoms with Crippen molar-refractivity contribution in [1.29, 1.82) is 5.26 Å². The van der Waals surface area contributed by atoms with E-state index in [0.29, 0.717) is 36.5 Å². The number of hydrogen-bond acceptors (Lipinski definition) is 5. The number of likely N-dealkylation sites (tertiary alicyclic amines) is 1. The van der Waals surface area contributed by atoms with E-state index < -0.39 is 5.41 Å². The van der Waals surface area contributed by atoms with Gasteiger partial charge < -0.3 is 20.4 Å². The molecule has 9 heteroatoms. The first kappa shape index (κ1) is 20.3. The van der Waals surface area contributed by atoms with Crippen LogP contribution in [0.3, 0.4) is 0 Å². The van der Waals surface area contributed by atoms with Gasteiger partial charge >= 0.3 is 11.8 Å². The number of nitrogens with two attached hydrogens (primary N) is 1. The van der Waals surface area contributed by atoms with Gasteiger partial charge in [-0.25, -0.2) is 9.59 Å². The molecule has 4 bridgehead atoms. The molecular formula is C24H27N5O4. The van der Waals surface area contributed by atoms with Gasteiger partial charge in [0.05, 0.1) is 34.1 Å². The molecule has 3 unspecified atom stereocenters. The fourth-order valence-electron chi connectivity index (χ4n) is 7.34. The number of fused-ring (bicyclic) bond motifs is 1. The van der Waals surface area contributed by atoms with E-state index in [1.807, 2.05) is 0 Å². The fourth-order valence-corrected chi connectivity index (χ4v) is 7.34. The minimum Gasteiger partial charge on any atom is -0.446 e. The zero-order valence-electron chi connectivity index (χ0n) is 18.3. The van der Waals surface area contributed by atoms with Crippen LogP contribution in [-0.2, 0) is 9.53 Å². The number of benzene rings is 1. The minimum absolute atomic E-state index is 0.150. The Morgan fingerprint density at radius 2 is 1.97 bits per heavy atom. The van der Waals surface area contributed by atoms with Gasteiger partial charge in [-0.1, -0.05) is 0 Å². The van der Waals surface area contributed by atoms with Crippen LogP contribution in [0.4, 0.5) is 4.79 Å². The van der Waals surface area contributed by atoms with Gasteiger partial charge in [0.2, 0.25) is 5.91 Å². The number of imidazole rings is 1. The third kappa shape index (κ3) is 3.07. The van der Waals surface area contributed by atoms with E-state index in [1.54, 1.807) is 27.7 Å². The molecule has 1 aliphatic heterocycles. The van der Waals surface area contributed by atoms with Crippen molar-refractivity contribution in [2.24, 2.45) is 28.9 Å². The van der Waals surface area contributed by atoms with Crippen LogP contribution in [0.15, 0.2) is 23.0 Å². The van der Waals surface area contributed by atoms with Crippen LogP contribution in [0.1, 0.15) is 50.1 Å². The summed E-state index contributed by atoms with van der Waals surface area (Å²) in [5, 5.41) is 9.10. The van der Waals surface area contributed by atoms with Gasteiger partial charge in [0.15, 0.2) is 0 Å². The number of aromatic nitrogens is 2. The van der Waals surface area contributed by atoms with Crippen LogP contribution in [0, 0.1) is 34.5 Å². The highest BCUT2D eigenvalue weighted by atomic mass is 16.6. The summed E-state index contributed by atoms with van der Waals surface area (Å²) in [4.78, 5) is 42.4. The van der Waals surface area contributed by atoms with Gasteiger partial charge in [-0.3, -0.25) is 9.36 Å². The summed E-state index contributed by atoms with van der Waals surface area (Å²) in [6.07, 6.45) is 4.52. The third-order valence-corrected chi connectivity index (χ3v) is 8.58. The second kappa shape index (κ2) is 7.11. The van der Waals surface area contributed by atoms with Crippen molar-refractivity contribution in [2.45, 2.75) is 50.7 Å². The Balaban J connectivity index is 1.16. The van der Waals surface area contributed by atoms with Gasteiger partial charge in [0, 0.05) is 13.1 Å². The molecule has 2 heterocycles. The SMILES string of the molecule is N#Cc1ccc2c(c1)[nH]c(=O)n2[C@H]1CCN(C(=O)OC2C3CC4C[C@H]2C[C@@](C(N)=O)(C4)C3)C1. The molecule has 3 N–H and O–H groups in total. The number of hydrogen-bond donors (Lipinski definition) is 2. The largest absolute Gasteiger partial charge is 0.446 e. The fraction of sp³-hybridized carbons (Fsp3) is 0.583. The lowest BCUT2D eigenvalue weighted by Gasteiger charge is -2.58. The molecule has 0 radical (unpaired) electrons. The van der Waals surface area contributed by atoms with Gasteiger partial charge in [0.1, 0.15) is 6.10 Å². The lowest BCUT2D eigenvalue weighted by molar-refractivity contribution is -0.161. The predicted molar refractivity (Wildman–Crippen MR) is 118 cm³/mol. The molecule has 5 fully saturated rings. The molecule has 0 spiro atoms.